The molecule has 1 amide bonds. The maximum absolute atomic E-state index is 9.09. The first-order valence-corrected chi connectivity index (χ1v) is 1.16. The van der Waals surface area contributed by atoms with Gasteiger partial charge in [-0.3, -0.25) is 4.79 Å². The van der Waals surface area contributed by atoms with Gasteiger partial charge in [-0.15, -0.1) is 0 Å². The average Bonchev–Trinajstić information content (AvgIpc) is 0.811. The summed E-state index contributed by atoms with van der Waals surface area (Å²) in [6.45, 7) is 0. The molecule has 0 spiro atoms. The predicted molar refractivity (Wildman–Crippen MR) is 18.6 cm³/mol. The zero-order valence-electron chi connectivity index (χ0n) is 2.27. The molecule has 0 fully saturated rings. The van der Waals surface area contributed by atoms with E-state index in [0.29, 0.717) is 0 Å². The van der Waals surface area contributed by atoms with E-state index in [-0.39, 0.29) is 20.1 Å². The first kappa shape index (κ1) is 9.08. The van der Waals surface area contributed by atoms with Gasteiger partial charge in [0.05, 0.1) is 0 Å². The standard InChI is InChI=1S/CH3NOS.Ir/c2-1(3)4;/h(H3,2,3,4);. The van der Waals surface area contributed by atoms with E-state index in [4.69, 9.17) is 4.79 Å². The van der Waals surface area contributed by atoms with Crippen molar-refractivity contribution in [3.8, 4) is 0 Å². The number of amides is 1. The van der Waals surface area contributed by atoms with Crippen molar-refractivity contribution in [2.45, 2.75) is 0 Å². The van der Waals surface area contributed by atoms with Crippen LogP contribution in [0.25, 0.3) is 0 Å². The summed E-state index contributed by atoms with van der Waals surface area (Å²) in [5.74, 6) is 0. The third-order valence-electron chi connectivity index (χ3n) is 0. The van der Waals surface area contributed by atoms with E-state index in [2.05, 4.69) is 18.4 Å². The van der Waals surface area contributed by atoms with Crippen molar-refractivity contribution in [1.29, 1.82) is 0 Å². The van der Waals surface area contributed by atoms with Gasteiger partial charge in [0.15, 0.2) is 0 Å². The van der Waals surface area contributed by atoms with Gasteiger partial charge in [0.1, 0.15) is 0 Å². The fourth-order valence-corrected chi connectivity index (χ4v) is 0. The van der Waals surface area contributed by atoms with Crippen LogP contribution in [0.15, 0.2) is 0 Å². The second-order valence-corrected chi connectivity index (χ2v) is 0.779. The summed E-state index contributed by atoms with van der Waals surface area (Å²) in [5, 5.41) is -0.639. The quantitative estimate of drug-likeness (QED) is 0.597. The number of hydrogen-bond donors (Lipinski definition) is 2. The van der Waals surface area contributed by atoms with Crippen molar-refractivity contribution in [3.05, 3.63) is 0 Å². The van der Waals surface area contributed by atoms with Crippen molar-refractivity contribution in [2.75, 3.05) is 0 Å². The van der Waals surface area contributed by atoms with Crippen molar-refractivity contribution < 1.29 is 24.9 Å². The SMILES string of the molecule is NC(=O)S.[Ir]. The van der Waals surface area contributed by atoms with Crippen LogP contribution in [-0.4, -0.2) is 5.24 Å². The van der Waals surface area contributed by atoms with Crippen LogP contribution in [0.3, 0.4) is 0 Å². The van der Waals surface area contributed by atoms with Gasteiger partial charge in [0, 0.05) is 20.1 Å². The molecular weight excluding hydrogens is 266 g/mol. The molecule has 2 N–H and O–H groups in total. The summed E-state index contributed by atoms with van der Waals surface area (Å²) >= 11 is 3.10. The first-order chi connectivity index (χ1) is 1.73. The molecule has 0 aliphatic carbocycles. The zero-order valence-corrected chi connectivity index (χ0v) is 5.56. The maximum Gasteiger partial charge on any atom is 0.273 e. The average molecular weight is 269 g/mol. The van der Waals surface area contributed by atoms with E-state index in [1.807, 2.05) is 0 Å². The Morgan fingerprint density at radius 3 is 1.80 bits per heavy atom. The van der Waals surface area contributed by atoms with E-state index < -0.39 is 5.24 Å². The molecule has 0 unspecified atom stereocenters. The van der Waals surface area contributed by atoms with E-state index in [1.54, 1.807) is 0 Å². The minimum atomic E-state index is -0.639. The number of nitrogens with two attached hydrogens (primary N) is 1. The topological polar surface area (TPSA) is 43.1 Å². The van der Waals surface area contributed by atoms with E-state index in [9.17, 15) is 0 Å². The molecule has 0 aromatic carbocycles. The molecule has 0 aliphatic rings. The number of hydrogen-bond acceptors (Lipinski definition) is 1. The van der Waals surface area contributed by atoms with Crippen LogP contribution >= 0.6 is 12.6 Å². The third-order valence-corrected chi connectivity index (χ3v) is 0. The van der Waals surface area contributed by atoms with Gasteiger partial charge in [-0.05, 0) is 0 Å². The van der Waals surface area contributed by atoms with Crippen LogP contribution in [-0.2, 0) is 20.1 Å². The van der Waals surface area contributed by atoms with Crippen molar-refractivity contribution in [3.63, 3.8) is 0 Å². The van der Waals surface area contributed by atoms with Crippen LogP contribution in [0.1, 0.15) is 0 Å². The van der Waals surface area contributed by atoms with Crippen LogP contribution in [0, 0.1) is 0 Å². The van der Waals surface area contributed by atoms with E-state index >= 15 is 0 Å². The van der Waals surface area contributed by atoms with Gasteiger partial charge in [0.2, 0.25) is 0 Å². The fraction of sp³-hybridized carbons (Fsp3) is 0. The third kappa shape index (κ3) is 124. The van der Waals surface area contributed by atoms with Crippen LogP contribution in [0.5, 0.6) is 0 Å². The molecule has 5 heavy (non-hydrogen) atoms. The summed E-state index contributed by atoms with van der Waals surface area (Å²) in [6, 6.07) is 0. The minimum Gasteiger partial charge on any atom is -0.361 e. The molecule has 2 nitrogen and oxygen atoms in total. The normalized spacial score (nSPS) is 5.00. The summed E-state index contributed by atoms with van der Waals surface area (Å²) in [4.78, 5) is 9.09. The Labute approximate surface area is 48.9 Å². The molecule has 0 rings (SSSR count). The van der Waals surface area contributed by atoms with Crippen molar-refractivity contribution in [1.82, 2.24) is 0 Å². The molecule has 4 heteroatoms. The van der Waals surface area contributed by atoms with Gasteiger partial charge >= 0.3 is 0 Å². The van der Waals surface area contributed by atoms with Crippen LogP contribution < -0.4 is 5.73 Å². The smallest absolute Gasteiger partial charge is 0.273 e. The Kier molecular flexibility index (Phi) is 8.11. The maximum atomic E-state index is 9.09. The number of rotatable bonds is 0. The molecule has 1 radical (unpaired) electrons. The number of carbonyl (C=O) groups is 1. The molecular formula is CH3IrNOS. The largest absolute Gasteiger partial charge is 0.361 e. The summed E-state index contributed by atoms with van der Waals surface area (Å²) in [7, 11) is 0. The second kappa shape index (κ2) is 4.47. The Morgan fingerprint density at radius 2 is 1.80 bits per heavy atom. The Morgan fingerprint density at radius 1 is 1.80 bits per heavy atom. The Bertz CT molecular complexity index is 34.6. The van der Waals surface area contributed by atoms with Gasteiger partial charge in [-0.2, -0.15) is 0 Å². The van der Waals surface area contributed by atoms with Gasteiger partial charge in [-0.1, -0.05) is 12.6 Å². The van der Waals surface area contributed by atoms with Crippen molar-refractivity contribution in [2.24, 2.45) is 5.73 Å². The molecule has 0 heterocycles. The zero-order chi connectivity index (χ0) is 3.58. The Hall–Kier alpha value is 0.469. The second-order valence-electron chi connectivity index (χ2n) is 0.338. The molecule has 33 valence electrons. The summed E-state index contributed by atoms with van der Waals surface area (Å²) in [5.41, 5.74) is 4.34. The van der Waals surface area contributed by atoms with Gasteiger partial charge in [-0.25, -0.2) is 0 Å². The Balaban J connectivity index is 0. The molecule has 0 aromatic heterocycles. The fourth-order valence-electron chi connectivity index (χ4n) is 0. The van der Waals surface area contributed by atoms with Crippen molar-refractivity contribution >= 4 is 17.9 Å². The molecule has 0 aliphatic heterocycles. The predicted octanol–water partition coefficient (Wildman–Crippen LogP) is -0.00760. The van der Waals surface area contributed by atoms with Gasteiger partial charge in [0.25, 0.3) is 5.24 Å². The number of thiol groups is 1. The number of primary amides is 1. The van der Waals surface area contributed by atoms with Crippen LogP contribution in [0.4, 0.5) is 4.79 Å². The summed E-state index contributed by atoms with van der Waals surface area (Å²) < 4.78 is 0. The van der Waals surface area contributed by atoms with Crippen LogP contribution in [0.2, 0.25) is 0 Å². The molecule has 0 saturated heterocycles. The van der Waals surface area contributed by atoms with Gasteiger partial charge < -0.3 is 5.73 Å². The first-order valence-electron chi connectivity index (χ1n) is 0.716. The monoisotopic (exact) mass is 270 g/mol. The summed E-state index contributed by atoms with van der Waals surface area (Å²) in [6.07, 6.45) is 0. The molecule has 0 bridgehead atoms. The minimum absolute atomic E-state index is 0. The molecule has 0 aromatic rings. The van der Waals surface area contributed by atoms with E-state index in [0.717, 1.165) is 0 Å². The van der Waals surface area contributed by atoms with E-state index in [1.165, 1.54) is 0 Å². The molecule has 0 atom stereocenters. The molecule has 0 saturated carbocycles. The number of carbonyl (C=O) groups excluding carboxylic acids is 1.